The van der Waals surface area contributed by atoms with Gasteiger partial charge in [-0.15, -0.1) is 0 Å². The lowest BCUT2D eigenvalue weighted by molar-refractivity contribution is 0.0330. The maximum absolute atomic E-state index is 12.0. The number of carbonyl (C=O) groups is 1. The van der Waals surface area contributed by atoms with Crippen LogP contribution in [0.3, 0.4) is 0 Å². The zero-order valence-electron chi connectivity index (χ0n) is 11.4. The minimum atomic E-state index is -1.31. The lowest BCUT2D eigenvalue weighted by Gasteiger charge is -2.21. The lowest BCUT2D eigenvalue weighted by Crippen LogP contribution is -2.38. The predicted octanol–water partition coefficient (Wildman–Crippen LogP) is 1.93. The Bertz CT molecular complexity index is 602. The minimum Gasteiger partial charge on any atom is -0.507 e. The molecule has 0 bridgehead atoms. The van der Waals surface area contributed by atoms with E-state index in [0.29, 0.717) is 11.3 Å². The van der Waals surface area contributed by atoms with Crippen molar-refractivity contribution in [1.82, 2.24) is 5.32 Å². The van der Waals surface area contributed by atoms with Crippen LogP contribution in [0.2, 0.25) is 0 Å². The fourth-order valence-electron chi connectivity index (χ4n) is 1.86. The molecule has 1 heterocycles. The number of benzene rings is 1. The van der Waals surface area contributed by atoms with Gasteiger partial charge in [-0.1, -0.05) is 12.1 Å². The summed E-state index contributed by atoms with van der Waals surface area (Å²) in [7, 11) is 0. The summed E-state index contributed by atoms with van der Waals surface area (Å²) in [5.41, 5.74) is -0.505. The predicted molar refractivity (Wildman–Crippen MR) is 73.5 cm³/mol. The van der Waals surface area contributed by atoms with Crippen LogP contribution in [0, 0.1) is 6.92 Å². The first-order valence-electron chi connectivity index (χ1n) is 6.25. The number of phenolic OH excluding ortho intramolecular Hbond substituents is 1. The van der Waals surface area contributed by atoms with E-state index in [1.54, 1.807) is 38.1 Å². The molecule has 106 valence electrons. The van der Waals surface area contributed by atoms with E-state index in [2.05, 4.69) is 5.32 Å². The SMILES string of the molecule is Cc1cccc(C(=O)NCC(C)(O)c2ccco2)c1O. The van der Waals surface area contributed by atoms with Gasteiger partial charge in [0.15, 0.2) is 0 Å². The van der Waals surface area contributed by atoms with Crippen LogP contribution in [0.25, 0.3) is 0 Å². The highest BCUT2D eigenvalue weighted by Gasteiger charge is 2.27. The number of para-hydroxylation sites is 1. The van der Waals surface area contributed by atoms with Gasteiger partial charge in [0.2, 0.25) is 0 Å². The van der Waals surface area contributed by atoms with E-state index in [1.165, 1.54) is 12.3 Å². The Balaban J connectivity index is 2.08. The van der Waals surface area contributed by atoms with Gasteiger partial charge in [0.25, 0.3) is 5.91 Å². The lowest BCUT2D eigenvalue weighted by atomic mass is 10.0. The quantitative estimate of drug-likeness (QED) is 0.796. The second-order valence-corrected chi connectivity index (χ2v) is 4.90. The Morgan fingerprint density at radius 1 is 1.35 bits per heavy atom. The third-order valence-electron chi connectivity index (χ3n) is 3.13. The van der Waals surface area contributed by atoms with Gasteiger partial charge in [0.1, 0.15) is 17.1 Å². The average Bonchev–Trinajstić information content (AvgIpc) is 2.94. The molecule has 5 heteroatoms. The molecule has 2 aromatic rings. The molecule has 0 aliphatic heterocycles. The number of hydrogen-bond acceptors (Lipinski definition) is 4. The van der Waals surface area contributed by atoms with Crippen molar-refractivity contribution in [2.75, 3.05) is 6.54 Å². The second kappa shape index (κ2) is 5.38. The van der Waals surface area contributed by atoms with Crippen LogP contribution in [-0.4, -0.2) is 22.7 Å². The fraction of sp³-hybridized carbons (Fsp3) is 0.267. The number of hydrogen-bond donors (Lipinski definition) is 3. The molecule has 0 spiro atoms. The summed E-state index contributed by atoms with van der Waals surface area (Å²) >= 11 is 0. The van der Waals surface area contributed by atoms with E-state index in [1.807, 2.05) is 0 Å². The van der Waals surface area contributed by atoms with Crippen molar-refractivity contribution >= 4 is 5.91 Å². The summed E-state index contributed by atoms with van der Waals surface area (Å²) in [5.74, 6) is -0.132. The van der Waals surface area contributed by atoms with Crippen molar-refractivity contribution in [3.8, 4) is 5.75 Å². The second-order valence-electron chi connectivity index (χ2n) is 4.90. The molecule has 2 rings (SSSR count). The Morgan fingerprint density at radius 2 is 2.10 bits per heavy atom. The number of aryl methyl sites for hydroxylation is 1. The molecule has 0 saturated heterocycles. The topological polar surface area (TPSA) is 82.7 Å². The van der Waals surface area contributed by atoms with Crippen molar-refractivity contribution in [3.63, 3.8) is 0 Å². The zero-order valence-corrected chi connectivity index (χ0v) is 11.4. The number of aromatic hydroxyl groups is 1. The first-order valence-corrected chi connectivity index (χ1v) is 6.25. The van der Waals surface area contributed by atoms with E-state index in [4.69, 9.17) is 4.42 Å². The van der Waals surface area contributed by atoms with Crippen LogP contribution in [0.5, 0.6) is 5.75 Å². The van der Waals surface area contributed by atoms with Crippen LogP contribution in [0.4, 0.5) is 0 Å². The summed E-state index contributed by atoms with van der Waals surface area (Å²) in [6.07, 6.45) is 1.46. The molecule has 1 atom stereocenters. The molecule has 5 nitrogen and oxygen atoms in total. The minimum absolute atomic E-state index is 0.0211. The molecular formula is C15H17NO4. The van der Waals surface area contributed by atoms with Crippen LogP contribution < -0.4 is 5.32 Å². The van der Waals surface area contributed by atoms with E-state index in [-0.39, 0.29) is 17.9 Å². The maximum atomic E-state index is 12.0. The molecular weight excluding hydrogens is 258 g/mol. The van der Waals surface area contributed by atoms with Crippen LogP contribution in [0.1, 0.15) is 28.6 Å². The Hall–Kier alpha value is -2.27. The number of phenols is 1. The molecule has 3 N–H and O–H groups in total. The monoisotopic (exact) mass is 275 g/mol. The highest BCUT2D eigenvalue weighted by molar-refractivity contribution is 5.97. The van der Waals surface area contributed by atoms with Crippen molar-refractivity contribution in [2.45, 2.75) is 19.4 Å². The summed E-state index contributed by atoms with van der Waals surface area (Å²) in [5, 5.41) is 22.6. The van der Waals surface area contributed by atoms with Gasteiger partial charge in [-0.2, -0.15) is 0 Å². The molecule has 1 aromatic carbocycles. The van der Waals surface area contributed by atoms with Gasteiger partial charge in [-0.05, 0) is 37.6 Å². The van der Waals surface area contributed by atoms with Crippen molar-refractivity contribution in [1.29, 1.82) is 0 Å². The van der Waals surface area contributed by atoms with Crippen molar-refractivity contribution < 1.29 is 19.4 Å². The number of aliphatic hydroxyl groups is 1. The van der Waals surface area contributed by atoms with E-state index >= 15 is 0 Å². The van der Waals surface area contributed by atoms with Crippen LogP contribution in [0.15, 0.2) is 41.0 Å². The van der Waals surface area contributed by atoms with Gasteiger partial charge in [-0.25, -0.2) is 0 Å². The molecule has 0 aliphatic carbocycles. The summed E-state index contributed by atoms with van der Waals surface area (Å²) in [6, 6.07) is 8.23. The highest BCUT2D eigenvalue weighted by atomic mass is 16.4. The van der Waals surface area contributed by atoms with Gasteiger partial charge >= 0.3 is 0 Å². The number of furan rings is 1. The largest absolute Gasteiger partial charge is 0.507 e. The van der Waals surface area contributed by atoms with E-state index in [0.717, 1.165) is 0 Å². The third kappa shape index (κ3) is 2.83. The summed E-state index contributed by atoms with van der Waals surface area (Å²) in [4.78, 5) is 12.0. The highest BCUT2D eigenvalue weighted by Crippen LogP contribution is 2.23. The Kier molecular flexibility index (Phi) is 3.81. The van der Waals surface area contributed by atoms with E-state index in [9.17, 15) is 15.0 Å². The molecule has 20 heavy (non-hydrogen) atoms. The normalized spacial score (nSPS) is 13.8. The fourth-order valence-corrected chi connectivity index (χ4v) is 1.86. The average molecular weight is 275 g/mol. The van der Waals surface area contributed by atoms with Crippen molar-refractivity contribution in [2.24, 2.45) is 0 Å². The van der Waals surface area contributed by atoms with E-state index < -0.39 is 11.5 Å². The number of carbonyl (C=O) groups excluding carboxylic acids is 1. The van der Waals surface area contributed by atoms with Gasteiger partial charge in [-0.3, -0.25) is 4.79 Å². The number of rotatable bonds is 4. The molecule has 0 fully saturated rings. The molecule has 0 radical (unpaired) electrons. The maximum Gasteiger partial charge on any atom is 0.255 e. The van der Waals surface area contributed by atoms with Gasteiger partial charge < -0.3 is 19.9 Å². The molecule has 1 amide bonds. The van der Waals surface area contributed by atoms with Gasteiger partial charge in [0, 0.05) is 0 Å². The third-order valence-corrected chi connectivity index (χ3v) is 3.13. The Labute approximate surface area is 116 Å². The standard InChI is InChI=1S/C15H17NO4/c1-10-5-3-6-11(13(10)17)14(18)16-9-15(2,19)12-7-4-8-20-12/h3-8,17,19H,9H2,1-2H3,(H,16,18). The van der Waals surface area contributed by atoms with Crippen molar-refractivity contribution in [3.05, 3.63) is 53.5 Å². The zero-order chi connectivity index (χ0) is 14.8. The Morgan fingerprint density at radius 3 is 2.75 bits per heavy atom. The summed E-state index contributed by atoms with van der Waals surface area (Å²) in [6.45, 7) is 3.24. The summed E-state index contributed by atoms with van der Waals surface area (Å²) < 4.78 is 5.13. The molecule has 0 saturated carbocycles. The first-order chi connectivity index (χ1) is 9.42. The first kappa shape index (κ1) is 14.1. The number of nitrogens with one attached hydrogen (secondary N) is 1. The smallest absolute Gasteiger partial charge is 0.255 e. The van der Waals surface area contributed by atoms with Crippen LogP contribution in [-0.2, 0) is 5.60 Å². The molecule has 1 unspecified atom stereocenters. The number of amides is 1. The van der Waals surface area contributed by atoms with Crippen LogP contribution >= 0.6 is 0 Å². The van der Waals surface area contributed by atoms with Gasteiger partial charge in [0.05, 0.1) is 18.4 Å². The molecule has 1 aromatic heterocycles. The molecule has 0 aliphatic rings.